The number of amides is 1. The second-order valence-electron chi connectivity index (χ2n) is 5.55. The third-order valence-corrected chi connectivity index (χ3v) is 5.49. The predicted molar refractivity (Wildman–Crippen MR) is 109 cm³/mol. The highest BCUT2D eigenvalue weighted by molar-refractivity contribution is 7.99. The van der Waals surface area contributed by atoms with E-state index in [-0.39, 0.29) is 5.91 Å². The number of thiazole rings is 1. The van der Waals surface area contributed by atoms with Gasteiger partial charge in [-0.15, -0.1) is 23.1 Å². The van der Waals surface area contributed by atoms with Gasteiger partial charge in [0.05, 0.1) is 24.4 Å². The molecule has 0 saturated heterocycles. The molecule has 1 heterocycles. The number of nitrogens with one attached hydrogen (secondary N) is 1. The van der Waals surface area contributed by atoms with Crippen LogP contribution in [0.2, 0.25) is 0 Å². The summed E-state index contributed by atoms with van der Waals surface area (Å²) in [5, 5.41) is 14.2. The summed E-state index contributed by atoms with van der Waals surface area (Å²) in [5.74, 6) is 1.45. The van der Waals surface area contributed by atoms with E-state index in [1.807, 2.05) is 41.8 Å². The molecule has 0 radical (unpaired) electrons. The SMILES string of the molecule is COc1ccc(SCCC(=O)Nc2nc(-c3ccc(C#N)cc3)cs2)cc1. The van der Waals surface area contributed by atoms with E-state index >= 15 is 0 Å². The van der Waals surface area contributed by atoms with E-state index in [1.54, 1.807) is 31.0 Å². The molecule has 0 bridgehead atoms. The molecule has 2 aromatic carbocycles. The van der Waals surface area contributed by atoms with E-state index in [4.69, 9.17) is 10.00 Å². The molecule has 0 saturated carbocycles. The van der Waals surface area contributed by atoms with E-state index in [1.165, 1.54) is 11.3 Å². The lowest BCUT2D eigenvalue weighted by Crippen LogP contribution is -2.11. The highest BCUT2D eigenvalue weighted by Crippen LogP contribution is 2.26. The first-order valence-electron chi connectivity index (χ1n) is 8.20. The number of aromatic nitrogens is 1. The van der Waals surface area contributed by atoms with Gasteiger partial charge >= 0.3 is 0 Å². The molecule has 136 valence electrons. The van der Waals surface area contributed by atoms with Gasteiger partial charge in [-0.25, -0.2) is 4.98 Å². The molecule has 1 aromatic heterocycles. The van der Waals surface area contributed by atoms with Crippen LogP contribution < -0.4 is 10.1 Å². The number of nitriles is 1. The summed E-state index contributed by atoms with van der Waals surface area (Å²) < 4.78 is 5.13. The topological polar surface area (TPSA) is 75.0 Å². The molecular formula is C20H17N3O2S2. The van der Waals surface area contributed by atoms with E-state index in [0.29, 0.717) is 22.9 Å². The van der Waals surface area contributed by atoms with Crippen LogP contribution in [0.3, 0.4) is 0 Å². The number of ether oxygens (including phenoxy) is 1. The Morgan fingerprint density at radius 1 is 1.22 bits per heavy atom. The Hall–Kier alpha value is -2.82. The summed E-state index contributed by atoms with van der Waals surface area (Å²) in [7, 11) is 1.64. The van der Waals surface area contributed by atoms with E-state index in [0.717, 1.165) is 21.9 Å². The van der Waals surface area contributed by atoms with Gasteiger partial charge in [-0.2, -0.15) is 5.26 Å². The number of hydrogen-bond acceptors (Lipinski definition) is 6. The maximum atomic E-state index is 12.1. The number of carbonyl (C=O) groups excluding carboxylic acids is 1. The lowest BCUT2D eigenvalue weighted by Gasteiger charge is -2.04. The Balaban J connectivity index is 1.49. The van der Waals surface area contributed by atoms with Crippen molar-refractivity contribution in [3.8, 4) is 23.1 Å². The second kappa shape index (κ2) is 9.21. The number of carbonyl (C=O) groups is 1. The van der Waals surface area contributed by atoms with Gasteiger partial charge < -0.3 is 10.1 Å². The smallest absolute Gasteiger partial charge is 0.226 e. The van der Waals surface area contributed by atoms with Crippen molar-refractivity contribution in [1.29, 1.82) is 5.26 Å². The molecule has 1 N–H and O–H groups in total. The quantitative estimate of drug-likeness (QED) is 0.581. The van der Waals surface area contributed by atoms with Crippen LogP contribution in [0.15, 0.2) is 58.8 Å². The van der Waals surface area contributed by atoms with Gasteiger partial charge in [-0.05, 0) is 36.4 Å². The summed E-state index contributed by atoms with van der Waals surface area (Å²) in [6.07, 6.45) is 0.405. The van der Waals surface area contributed by atoms with Crippen LogP contribution in [0.1, 0.15) is 12.0 Å². The van der Waals surface area contributed by atoms with Crippen molar-refractivity contribution in [2.75, 3.05) is 18.2 Å². The fourth-order valence-electron chi connectivity index (χ4n) is 2.29. The Bertz CT molecular complexity index is 945. The van der Waals surface area contributed by atoms with Gasteiger partial charge in [0.2, 0.25) is 5.91 Å². The van der Waals surface area contributed by atoms with Gasteiger partial charge in [0.15, 0.2) is 5.13 Å². The molecule has 0 aliphatic rings. The van der Waals surface area contributed by atoms with E-state index < -0.39 is 0 Å². The van der Waals surface area contributed by atoms with Crippen molar-refractivity contribution in [3.63, 3.8) is 0 Å². The molecule has 27 heavy (non-hydrogen) atoms. The minimum atomic E-state index is -0.0586. The van der Waals surface area contributed by atoms with Gasteiger partial charge in [0.25, 0.3) is 0 Å². The molecule has 0 fully saturated rings. The molecule has 7 heteroatoms. The monoisotopic (exact) mass is 395 g/mol. The molecule has 5 nitrogen and oxygen atoms in total. The number of nitrogens with zero attached hydrogens (tertiary/aromatic N) is 2. The van der Waals surface area contributed by atoms with Crippen LogP contribution in [0.5, 0.6) is 5.75 Å². The Kier molecular flexibility index (Phi) is 6.47. The standard InChI is InChI=1S/C20H17N3O2S2/c1-25-16-6-8-17(9-7-16)26-11-10-19(24)23-20-22-18(13-27-20)15-4-2-14(12-21)3-5-15/h2-9,13H,10-11H2,1H3,(H,22,23,24). The van der Waals surface area contributed by atoms with Crippen LogP contribution in [-0.2, 0) is 4.79 Å². The zero-order valence-corrected chi connectivity index (χ0v) is 16.3. The molecule has 0 spiro atoms. The van der Waals surface area contributed by atoms with Gasteiger partial charge in [-0.1, -0.05) is 12.1 Å². The van der Waals surface area contributed by atoms with Crippen LogP contribution >= 0.6 is 23.1 Å². The third-order valence-electron chi connectivity index (χ3n) is 3.72. The van der Waals surface area contributed by atoms with Crippen molar-refractivity contribution < 1.29 is 9.53 Å². The Morgan fingerprint density at radius 2 is 1.96 bits per heavy atom. The summed E-state index contributed by atoms with van der Waals surface area (Å²) in [5.41, 5.74) is 2.31. The molecule has 1 amide bonds. The molecule has 0 aliphatic heterocycles. The van der Waals surface area contributed by atoms with Crippen LogP contribution in [0.25, 0.3) is 11.3 Å². The number of hydrogen-bond donors (Lipinski definition) is 1. The van der Waals surface area contributed by atoms with Crippen LogP contribution in [0, 0.1) is 11.3 Å². The molecule has 0 aliphatic carbocycles. The number of rotatable bonds is 7. The second-order valence-corrected chi connectivity index (χ2v) is 7.58. The molecular weight excluding hydrogens is 378 g/mol. The van der Waals surface area contributed by atoms with E-state index in [2.05, 4.69) is 16.4 Å². The average Bonchev–Trinajstić information content (AvgIpc) is 3.17. The zero-order chi connectivity index (χ0) is 19.1. The van der Waals surface area contributed by atoms with Crippen LogP contribution in [0.4, 0.5) is 5.13 Å². The van der Waals surface area contributed by atoms with Crippen molar-refractivity contribution in [2.24, 2.45) is 0 Å². The number of methoxy groups -OCH3 is 1. The van der Waals surface area contributed by atoms with Gasteiger partial charge in [0, 0.05) is 28.0 Å². The Labute approximate surface area is 166 Å². The lowest BCUT2D eigenvalue weighted by atomic mass is 10.1. The fourth-order valence-corrected chi connectivity index (χ4v) is 3.88. The zero-order valence-electron chi connectivity index (χ0n) is 14.6. The summed E-state index contributed by atoms with van der Waals surface area (Å²) in [6, 6.07) is 17.1. The lowest BCUT2D eigenvalue weighted by molar-refractivity contribution is -0.115. The van der Waals surface area contributed by atoms with Crippen molar-refractivity contribution in [3.05, 3.63) is 59.5 Å². The third kappa shape index (κ3) is 5.33. The normalized spacial score (nSPS) is 10.2. The highest BCUT2D eigenvalue weighted by Gasteiger charge is 2.08. The summed E-state index contributed by atoms with van der Waals surface area (Å²) >= 11 is 3.01. The summed E-state index contributed by atoms with van der Waals surface area (Å²) in [4.78, 5) is 17.7. The molecule has 0 atom stereocenters. The molecule has 3 aromatic rings. The van der Waals surface area contributed by atoms with Gasteiger partial charge in [-0.3, -0.25) is 4.79 Å². The first kappa shape index (κ1) is 19.0. The predicted octanol–water partition coefficient (Wildman–Crippen LogP) is 4.81. The first-order valence-corrected chi connectivity index (χ1v) is 10.1. The van der Waals surface area contributed by atoms with Crippen molar-refractivity contribution in [2.45, 2.75) is 11.3 Å². The van der Waals surface area contributed by atoms with Crippen LogP contribution in [-0.4, -0.2) is 23.8 Å². The molecule has 3 rings (SSSR count). The minimum absolute atomic E-state index is 0.0586. The minimum Gasteiger partial charge on any atom is -0.497 e. The maximum absolute atomic E-state index is 12.1. The van der Waals surface area contributed by atoms with Gasteiger partial charge in [0.1, 0.15) is 5.75 Å². The summed E-state index contributed by atoms with van der Waals surface area (Å²) in [6.45, 7) is 0. The fraction of sp³-hybridized carbons (Fsp3) is 0.150. The number of benzene rings is 2. The average molecular weight is 396 g/mol. The van der Waals surface area contributed by atoms with Crippen molar-refractivity contribution >= 4 is 34.1 Å². The maximum Gasteiger partial charge on any atom is 0.226 e. The number of anilines is 1. The highest BCUT2D eigenvalue weighted by atomic mass is 32.2. The van der Waals surface area contributed by atoms with E-state index in [9.17, 15) is 4.79 Å². The Morgan fingerprint density at radius 3 is 2.63 bits per heavy atom. The molecule has 0 unspecified atom stereocenters. The largest absolute Gasteiger partial charge is 0.497 e. The van der Waals surface area contributed by atoms with Crippen molar-refractivity contribution in [1.82, 2.24) is 4.98 Å². The number of thioether (sulfide) groups is 1. The first-order chi connectivity index (χ1) is 13.2.